The van der Waals surface area contributed by atoms with E-state index in [-0.39, 0.29) is 1.43 Å². The predicted octanol–water partition coefficient (Wildman–Crippen LogP) is 2.57. The summed E-state index contributed by atoms with van der Waals surface area (Å²) < 4.78 is 0. The number of hydrogen-bond donors (Lipinski definition) is 1. The molecule has 0 bridgehead atoms. The van der Waals surface area contributed by atoms with Crippen LogP contribution in [0.15, 0.2) is 24.3 Å². The molecule has 0 unspecified atom stereocenters. The molecule has 1 aromatic carbocycles. The lowest BCUT2D eigenvalue weighted by Gasteiger charge is -1.85. The standard InChI is InChI=1S/C12H10N2.H2/c1-2-4-11-10(3-1)12(14-13-11)8-7-9-5-6-9;/h1-4,9H,5-6H2,(H,13,14);1H. The van der Waals surface area contributed by atoms with E-state index in [1.807, 2.05) is 18.2 Å². The zero-order valence-electron chi connectivity index (χ0n) is 7.75. The quantitative estimate of drug-likeness (QED) is 0.626. The molecule has 1 heterocycles. The molecule has 1 aliphatic carbocycles. The van der Waals surface area contributed by atoms with Crippen LogP contribution in [0.25, 0.3) is 10.9 Å². The Hall–Kier alpha value is -1.75. The molecule has 2 heteroatoms. The second-order valence-corrected chi connectivity index (χ2v) is 3.66. The third-order valence-corrected chi connectivity index (χ3v) is 2.44. The van der Waals surface area contributed by atoms with E-state index in [0.29, 0.717) is 5.92 Å². The second kappa shape index (κ2) is 2.88. The fraction of sp³-hybridized carbons (Fsp3) is 0.250. The number of para-hydroxylation sites is 1. The van der Waals surface area contributed by atoms with Gasteiger partial charge in [-0.25, -0.2) is 0 Å². The molecule has 0 saturated heterocycles. The summed E-state index contributed by atoms with van der Waals surface area (Å²) in [6, 6.07) is 8.05. The molecule has 2 nitrogen and oxygen atoms in total. The Morgan fingerprint density at radius 1 is 1.36 bits per heavy atom. The van der Waals surface area contributed by atoms with E-state index < -0.39 is 0 Å². The molecule has 1 saturated carbocycles. The zero-order valence-corrected chi connectivity index (χ0v) is 7.75. The van der Waals surface area contributed by atoms with E-state index in [4.69, 9.17) is 0 Å². The van der Waals surface area contributed by atoms with Crippen LogP contribution >= 0.6 is 0 Å². The number of nitrogens with one attached hydrogen (secondary N) is 1. The van der Waals surface area contributed by atoms with E-state index in [1.165, 1.54) is 12.8 Å². The normalized spacial score (nSPS) is 15.1. The number of hydrogen-bond acceptors (Lipinski definition) is 1. The van der Waals surface area contributed by atoms with Gasteiger partial charge in [0.2, 0.25) is 0 Å². The average molecular weight is 184 g/mol. The Bertz CT molecular complexity index is 529. The molecule has 14 heavy (non-hydrogen) atoms. The summed E-state index contributed by atoms with van der Waals surface area (Å²) in [5.41, 5.74) is 1.94. The average Bonchev–Trinajstić information content (AvgIpc) is 2.96. The first-order valence-corrected chi connectivity index (χ1v) is 4.88. The van der Waals surface area contributed by atoms with Crippen LogP contribution in [-0.2, 0) is 0 Å². The van der Waals surface area contributed by atoms with Crippen molar-refractivity contribution in [3.8, 4) is 11.8 Å². The lowest BCUT2D eigenvalue weighted by Crippen LogP contribution is -1.74. The minimum Gasteiger partial charge on any atom is -0.269 e. The Kier molecular flexibility index (Phi) is 1.57. The van der Waals surface area contributed by atoms with Gasteiger partial charge in [-0.05, 0) is 30.9 Å². The van der Waals surface area contributed by atoms with Gasteiger partial charge in [0.1, 0.15) is 5.69 Å². The Labute approximate surface area is 83.8 Å². The first kappa shape index (κ1) is 7.64. The molecule has 3 rings (SSSR count). The van der Waals surface area contributed by atoms with Gasteiger partial charge in [-0.3, -0.25) is 5.10 Å². The highest BCUT2D eigenvalue weighted by Crippen LogP contribution is 2.27. The van der Waals surface area contributed by atoms with Crippen LogP contribution in [0.4, 0.5) is 0 Å². The van der Waals surface area contributed by atoms with E-state index in [0.717, 1.165) is 16.6 Å². The van der Waals surface area contributed by atoms with Gasteiger partial charge in [0.05, 0.1) is 5.52 Å². The minimum absolute atomic E-state index is 0. The topological polar surface area (TPSA) is 28.7 Å². The van der Waals surface area contributed by atoms with Crippen LogP contribution < -0.4 is 0 Å². The van der Waals surface area contributed by atoms with Crippen LogP contribution in [-0.4, -0.2) is 10.2 Å². The van der Waals surface area contributed by atoms with Gasteiger partial charge in [0.15, 0.2) is 0 Å². The van der Waals surface area contributed by atoms with Crippen molar-refractivity contribution in [1.82, 2.24) is 10.2 Å². The van der Waals surface area contributed by atoms with Crippen molar-refractivity contribution < 1.29 is 1.43 Å². The molecule has 0 spiro atoms. The van der Waals surface area contributed by atoms with Crippen molar-refractivity contribution in [3.63, 3.8) is 0 Å². The third kappa shape index (κ3) is 1.27. The van der Waals surface area contributed by atoms with Gasteiger partial charge in [-0.1, -0.05) is 18.1 Å². The van der Waals surface area contributed by atoms with Crippen LogP contribution in [0, 0.1) is 17.8 Å². The molecule has 1 fully saturated rings. The molecule has 1 aromatic heterocycles. The lowest BCUT2D eigenvalue weighted by atomic mass is 10.2. The highest BCUT2D eigenvalue weighted by atomic mass is 15.1. The smallest absolute Gasteiger partial charge is 0.115 e. The first-order chi connectivity index (χ1) is 6.93. The molecule has 1 aliphatic rings. The summed E-state index contributed by atoms with van der Waals surface area (Å²) in [5.74, 6) is 7.03. The number of nitrogens with zero attached hydrogens (tertiary/aromatic N) is 1. The summed E-state index contributed by atoms with van der Waals surface area (Å²) in [5, 5.41) is 8.29. The van der Waals surface area contributed by atoms with Gasteiger partial charge >= 0.3 is 0 Å². The van der Waals surface area contributed by atoms with E-state index in [9.17, 15) is 0 Å². The number of rotatable bonds is 0. The monoisotopic (exact) mass is 184 g/mol. The van der Waals surface area contributed by atoms with Crippen LogP contribution in [0.1, 0.15) is 20.0 Å². The molecular weight excluding hydrogens is 172 g/mol. The van der Waals surface area contributed by atoms with Crippen molar-refractivity contribution in [2.45, 2.75) is 12.8 Å². The molecule has 70 valence electrons. The maximum atomic E-state index is 4.19. The summed E-state index contributed by atoms with van der Waals surface area (Å²) in [6.07, 6.45) is 2.53. The molecular formula is C12H12N2. The lowest BCUT2D eigenvalue weighted by molar-refractivity contribution is 1.10. The maximum Gasteiger partial charge on any atom is 0.115 e. The Morgan fingerprint density at radius 2 is 2.21 bits per heavy atom. The molecule has 2 aromatic rings. The van der Waals surface area contributed by atoms with Crippen LogP contribution in [0.3, 0.4) is 0 Å². The molecule has 1 N–H and O–H groups in total. The van der Waals surface area contributed by atoms with Gasteiger partial charge in [-0.2, -0.15) is 5.10 Å². The molecule has 0 atom stereocenters. The summed E-state index contributed by atoms with van der Waals surface area (Å²) in [6.45, 7) is 0. The van der Waals surface area contributed by atoms with Crippen molar-refractivity contribution in [2.75, 3.05) is 0 Å². The van der Waals surface area contributed by atoms with Gasteiger partial charge < -0.3 is 0 Å². The predicted molar refractivity (Wildman–Crippen MR) is 57.8 cm³/mol. The van der Waals surface area contributed by atoms with E-state index in [1.54, 1.807) is 0 Å². The Balaban J connectivity index is 0.000000853. The number of aromatic amines is 1. The van der Waals surface area contributed by atoms with Crippen molar-refractivity contribution >= 4 is 10.9 Å². The van der Waals surface area contributed by atoms with Crippen molar-refractivity contribution in [3.05, 3.63) is 30.0 Å². The maximum absolute atomic E-state index is 4.19. The highest BCUT2D eigenvalue weighted by Gasteiger charge is 2.17. The summed E-state index contributed by atoms with van der Waals surface area (Å²) >= 11 is 0. The summed E-state index contributed by atoms with van der Waals surface area (Å²) in [4.78, 5) is 0. The fourth-order valence-electron chi connectivity index (χ4n) is 1.46. The first-order valence-electron chi connectivity index (χ1n) is 4.88. The van der Waals surface area contributed by atoms with E-state index >= 15 is 0 Å². The Morgan fingerprint density at radius 3 is 3.07 bits per heavy atom. The molecule has 0 radical (unpaired) electrons. The van der Waals surface area contributed by atoms with Crippen LogP contribution in [0.2, 0.25) is 0 Å². The molecule has 0 amide bonds. The SMILES string of the molecule is C(#CC1CC1)c1[nH]nc2ccccc12.[HH]. The number of H-pyrrole nitrogens is 1. The van der Waals surface area contributed by atoms with E-state index in [2.05, 4.69) is 28.1 Å². The minimum atomic E-state index is 0. The second-order valence-electron chi connectivity index (χ2n) is 3.66. The molecule has 0 aliphatic heterocycles. The third-order valence-electron chi connectivity index (χ3n) is 2.44. The highest BCUT2D eigenvalue weighted by molar-refractivity contribution is 5.83. The largest absolute Gasteiger partial charge is 0.269 e. The fourth-order valence-corrected chi connectivity index (χ4v) is 1.46. The number of fused-ring (bicyclic) bond motifs is 1. The zero-order chi connectivity index (χ0) is 9.38. The summed E-state index contributed by atoms with van der Waals surface area (Å²) in [7, 11) is 0. The number of aromatic nitrogens is 2. The van der Waals surface area contributed by atoms with Gasteiger partial charge in [0.25, 0.3) is 0 Å². The van der Waals surface area contributed by atoms with Crippen molar-refractivity contribution in [1.29, 1.82) is 0 Å². The van der Waals surface area contributed by atoms with Gasteiger partial charge in [0, 0.05) is 12.7 Å². The number of benzene rings is 1. The van der Waals surface area contributed by atoms with Gasteiger partial charge in [-0.15, -0.1) is 0 Å². The van der Waals surface area contributed by atoms with Crippen molar-refractivity contribution in [2.24, 2.45) is 5.92 Å². The van der Waals surface area contributed by atoms with Crippen LogP contribution in [0.5, 0.6) is 0 Å².